The van der Waals surface area contributed by atoms with E-state index in [1.165, 1.54) is 0 Å². The minimum atomic E-state index is -0.0938. The van der Waals surface area contributed by atoms with E-state index in [-0.39, 0.29) is 5.78 Å². The van der Waals surface area contributed by atoms with Gasteiger partial charge in [0.05, 0.1) is 18.2 Å². The lowest BCUT2D eigenvalue weighted by atomic mass is 10.00. The first-order chi connectivity index (χ1) is 10.2. The fourth-order valence-electron chi connectivity index (χ4n) is 2.29. The highest BCUT2D eigenvalue weighted by molar-refractivity contribution is 9.10. The molecule has 0 aliphatic carbocycles. The summed E-state index contributed by atoms with van der Waals surface area (Å²) in [5.74, 6) is 0.450. The zero-order valence-corrected chi connectivity index (χ0v) is 12.9. The van der Waals surface area contributed by atoms with E-state index in [2.05, 4.69) is 20.9 Å². The topological polar surface area (TPSA) is 39.2 Å². The van der Waals surface area contributed by atoms with Crippen molar-refractivity contribution in [3.63, 3.8) is 0 Å². The lowest BCUT2D eigenvalue weighted by Gasteiger charge is -2.09. The van der Waals surface area contributed by atoms with Gasteiger partial charge in [0.1, 0.15) is 5.75 Å². The molecule has 0 aliphatic heterocycles. The van der Waals surface area contributed by atoms with E-state index in [4.69, 9.17) is 4.74 Å². The Kier molecular flexibility index (Phi) is 3.71. The summed E-state index contributed by atoms with van der Waals surface area (Å²) in [4.78, 5) is 17.1. The van der Waals surface area contributed by atoms with E-state index < -0.39 is 0 Å². The van der Waals surface area contributed by atoms with Crippen LogP contribution < -0.4 is 4.74 Å². The van der Waals surface area contributed by atoms with Gasteiger partial charge in [0.25, 0.3) is 0 Å². The number of ketones is 1. The van der Waals surface area contributed by atoms with Gasteiger partial charge in [0.15, 0.2) is 5.78 Å². The van der Waals surface area contributed by atoms with Gasteiger partial charge in [0.2, 0.25) is 0 Å². The van der Waals surface area contributed by atoms with Crippen LogP contribution in [0.25, 0.3) is 10.9 Å². The van der Waals surface area contributed by atoms with Crippen molar-refractivity contribution >= 4 is 32.6 Å². The molecule has 0 bridgehead atoms. The molecule has 104 valence electrons. The molecule has 2 aromatic carbocycles. The molecule has 0 spiro atoms. The molecule has 0 aliphatic rings. The maximum atomic E-state index is 12.8. The summed E-state index contributed by atoms with van der Waals surface area (Å²) in [6.07, 6.45) is 1.69. The van der Waals surface area contributed by atoms with Gasteiger partial charge >= 0.3 is 0 Å². The average Bonchev–Trinajstić information content (AvgIpc) is 2.53. The molecule has 0 unspecified atom stereocenters. The molecule has 3 nitrogen and oxygen atoms in total. The first-order valence-electron chi connectivity index (χ1n) is 6.42. The zero-order valence-electron chi connectivity index (χ0n) is 11.3. The number of benzene rings is 2. The third-order valence-corrected chi connectivity index (χ3v) is 3.78. The molecular formula is C17H12BrNO2. The van der Waals surface area contributed by atoms with Gasteiger partial charge in [-0.05, 0) is 30.3 Å². The number of para-hydroxylation sites is 1. The Bertz CT molecular complexity index is 825. The summed E-state index contributed by atoms with van der Waals surface area (Å²) in [5.41, 5.74) is 1.81. The van der Waals surface area contributed by atoms with Crippen LogP contribution in [-0.2, 0) is 0 Å². The summed E-state index contributed by atoms with van der Waals surface area (Å²) >= 11 is 3.38. The first kappa shape index (κ1) is 13.8. The van der Waals surface area contributed by atoms with Crippen LogP contribution in [0.2, 0.25) is 0 Å². The Hall–Kier alpha value is -2.20. The van der Waals surface area contributed by atoms with Crippen molar-refractivity contribution in [3.8, 4) is 5.75 Å². The second-order valence-electron chi connectivity index (χ2n) is 4.55. The molecular weight excluding hydrogens is 330 g/mol. The van der Waals surface area contributed by atoms with Gasteiger partial charge in [0, 0.05) is 21.6 Å². The van der Waals surface area contributed by atoms with Crippen LogP contribution in [0.5, 0.6) is 5.75 Å². The van der Waals surface area contributed by atoms with Crippen molar-refractivity contribution in [1.29, 1.82) is 0 Å². The molecule has 0 amide bonds. The van der Waals surface area contributed by atoms with Crippen molar-refractivity contribution in [3.05, 3.63) is 70.3 Å². The number of halogens is 1. The minimum absolute atomic E-state index is 0.0938. The molecule has 1 aromatic heterocycles. The van der Waals surface area contributed by atoms with Gasteiger partial charge in [-0.15, -0.1) is 0 Å². The molecule has 3 rings (SSSR count). The Morgan fingerprint density at radius 3 is 2.71 bits per heavy atom. The molecule has 0 saturated heterocycles. The maximum absolute atomic E-state index is 12.8. The quantitative estimate of drug-likeness (QED) is 0.669. The smallest absolute Gasteiger partial charge is 0.198 e. The monoisotopic (exact) mass is 341 g/mol. The number of methoxy groups -OCH3 is 1. The highest BCUT2D eigenvalue weighted by atomic mass is 79.9. The summed E-state index contributed by atoms with van der Waals surface area (Å²) < 4.78 is 6.18. The molecule has 0 radical (unpaired) electrons. The minimum Gasteiger partial charge on any atom is -0.496 e. The van der Waals surface area contributed by atoms with Crippen molar-refractivity contribution in [2.45, 2.75) is 0 Å². The van der Waals surface area contributed by atoms with Crippen LogP contribution in [0.15, 0.2) is 59.2 Å². The number of nitrogens with zero attached hydrogens (tertiary/aromatic N) is 1. The molecule has 0 fully saturated rings. The zero-order chi connectivity index (χ0) is 14.8. The number of pyridine rings is 1. The van der Waals surface area contributed by atoms with Gasteiger partial charge in [-0.1, -0.05) is 34.1 Å². The standard InChI is InChI=1S/C17H12BrNO2/c1-21-15-10-12(18)7-8-13(15)17(20)14-6-2-4-11-5-3-9-19-16(11)14/h2-10H,1H3. The van der Waals surface area contributed by atoms with Crippen molar-refractivity contribution < 1.29 is 9.53 Å². The van der Waals surface area contributed by atoms with Gasteiger partial charge in [-0.2, -0.15) is 0 Å². The predicted octanol–water partition coefficient (Wildman–Crippen LogP) is 4.24. The Balaban J connectivity index is 2.17. The largest absolute Gasteiger partial charge is 0.496 e. The second-order valence-corrected chi connectivity index (χ2v) is 5.47. The number of hydrogen-bond acceptors (Lipinski definition) is 3. The molecule has 21 heavy (non-hydrogen) atoms. The van der Waals surface area contributed by atoms with E-state index in [0.29, 0.717) is 22.4 Å². The Labute approximate surface area is 130 Å². The number of carbonyl (C=O) groups excluding carboxylic acids is 1. The normalized spacial score (nSPS) is 10.6. The van der Waals surface area contributed by atoms with Crippen LogP contribution in [0.1, 0.15) is 15.9 Å². The fraction of sp³-hybridized carbons (Fsp3) is 0.0588. The summed E-state index contributed by atoms with van der Waals surface area (Å²) in [6.45, 7) is 0. The van der Waals surface area contributed by atoms with Crippen molar-refractivity contribution in [2.24, 2.45) is 0 Å². The van der Waals surface area contributed by atoms with Crippen LogP contribution in [0.4, 0.5) is 0 Å². The van der Waals surface area contributed by atoms with Crippen molar-refractivity contribution in [1.82, 2.24) is 4.98 Å². The van der Waals surface area contributed by atoms with Gasteiger partial charge in [-0.3, -0.25) is 9.78 Å². The second kappa shape index (κ2) is 5.66. The number of hydrogen-bond donors (Lipinski definition) is 0. The van der Waals surface area contributed by atoms with Crippen LogP contribution in [0, 0.1) is 0 Å². The van der Waals surface area contributed by atoms with Crippen LogP contribution >= 0.6 is 15.9 Å². The van der Waals surface area contributed by atoms with Gasteiger partial charge < -0.3 is 4.74 Å². The first-order valence-corrected chi connectivity index (χ1v) is 7.22. The molecule has 1 heterocycles. The summed E-state index contributed by atoms with van der Waals surface area (Å²) in [6, 6.07) is 14.8. The Morgan fingerprint density at radius 2 is 1.90 bits per heavy atom. The Morgan fingerprint density at radius 1 is 1.10 bits per heavy atom. The maximum Gasteiger partial charge on any atom is 0.198 e. The number of fused-ring (bicyclic) bond motifs is 1. The van der Waals surface area contributed by atoms with Gasteiger partial charge in [-0.25, -0.2) is 0 Å². The third-order valence-electron chi connectivity index (χ3n) is 3.29. The molecule has 0 saturated carbocycles. The van der Waals surface area contributed by atoms with E-state index in [1.807, 2.05) is 30.3 Å². The predicted molar refractivity (Wildman–Crippen MR) is 85.9 cm³/mol. The SMILES string of the molecule is COc1cc(Br)ccc1C(=O)c1cccc2cccnc12. The summed E-state index contributed by atoms with van der Waals surface area (Å²) in [5, 5.41) is 0.944. The van der Waals surface area contributed by atoms with E-state index in [1.54, 1.807) is 31.5 Å². The van der Waals surface area contributed by atoms with Crippen LogP contribution in [-0.4, -0.2) is 17.9 Å². The molecule has 0 atom stereocenters. The number of aromatic nitrogens is 1. The number of rotatable bonds is 3. The molecule has 3 aromatic rings. The van der Waals surface area contributed by atoms with E-state index in [0.717, 1.165) is 9.86 Å². The fourth-order valence-corrected chi connectivity index (χ4v) is 2.63. The lowest BCUT2D eigenvalue weighted by Crippen LogP contribution is -2.05. The highest BCUT2D eigenvalue weighted by Crippen LogP contribution is 2.27. The average molecular weight is 342 g/mol. The highest BCUT2D eigenvalue weighted by Gasteiger charge is 2.17. The summed E-state index contributed by atoms with van der Waals surface area (Å²) in [7, 11) is 1.56. The van der Waals surface area contributed by atoms with E-state index in [9.17, 15) is 4.79 Å². The number of ether oxygens (including phenoxy) is 1. The molecule has 4 heteroatoms. The van der Waals surface area contributed by atoms with E-state index >= 15 is 0 Å². The van der Waals surface area contributed by atoms with Crippen LogP contribution in [0.3, 0.4) is 0 Å². The lowest BCUT2D eigenvalue weighted by molar-refractivity contribution is 0.103. The molecule has 0 N–H and O–H groups in total. The van der Waals surface area contributed by atoms with Crippen molar-refractivity contribution in [2.75, 3.05) is 7.11 Å². The number of carbonyl (C=O) groups is 1. The third kappa shape index (κ3) is 2.54.